The van der Waals surface area contributed by atoms with Gasteiger partial charge in [0.05, 0.1) is 61.0 Å². The lowest BCUT2D eigenvalue weighted by molar-refractivity contribution is -0.389. The highest BCUT2D eigenvalue weighted by Crippen LogP contribution is 2.57. The standard InChI is InChI=1S/C41H68O15/c1-20-17-21(2)39(8,45)55-32(20)28-14-13-26(51-28)27-15-16-30(52-27)38(7)35(49-11)24(5)41(56-38)22(3)29(47-9)18-25(53-41)19-31-37(6,50-12)34(48-10)23(4)40(46,54-31)33(42)36(43)44/h17,20,22-35,42,45-46H,13-16,18-19H2,1-12H3,(H,43,44)/t20-,22+,23-,24+,25-,26+,27-,28+,29+,30+,31+,32-,33-,34-,35+,37-,38+,39-,40-,41-/m0/s1. The molecule has 20 atom stereocenters. The van der Waals surface area contributed by atoms with Crippen molar-refractivity contribution >= 4 is 5.97 Å². The van der Waals surface area contributed by atoms with Gasteiger partial charge in [-0.2, -0.15) is 0 Å². The van der Waals surface area contributed by atoms with Crippen LogP contribution in [0, 0.1) is 23.7 Å². The van der Waals surface area contributed by atoms with Gasteiger partial charge in [0.2, 0.25) is 11.9 Å². The minimum atomic E-state index is -2.48. The molecule has 0 aromatic rings. The van der Waals surface area contributed by atoms with Crippen LogP contribution in [0.15, 0.2) is 11.6 Å². The van der Waals surface area contributed by atoms with Gasteiger partial charge in [0.1, 0.15) is 11.2 Å². The number of carbonyl (C=O) groups is 1. The topological polar surface area (TPSA) is 190 Å². The Kier molecular flexibility index (Phi) is 12.6. The third-order valence-corrected chi connectivity index (χ3v) is 14.8. The Morgan fingerprint density at radius 3 is 2.07 bits per heavy atom. The van der Waals surface area contributed by atoms with E-state index >= 15 is 0 Å². The minimum Gasteiger partial charge on any atom is -0.479 e. The maximum absolute atomic E-state index is 12.0. The summed E-state index contributed by atoms with van der Waals surface area (Å²) >= 11 is 0. The Hall–Kier alpha value is -1.31. The molecular weight excluding hydrogens is 732 g/mol. The maximum Gasteiger partial charge on any atom is 0.338 e. The molecule has 4 N–H and O–H groups in total. The highest BCUT2D eigenvalue weighted by molar-refractivity contribution is 5.73. The molecule has 15 heteroatoms. The van der Waals surface area contributed by atoms with Gasteiger partial charge in [-0.05, 0) is 59.0 Å². The van der Waals surface area contributed by atoms with E-state index in [0.29, 0.717) is 6.42 Å². The average Bonchev–Trinajstić information content (AvgIpc) is 3.89. The predicted molar refractivity (Wildman–Crippen MR) is 199 cm³/mol. The highest BCUT2D eigenvalue weighted by Gasteiger charge is 2.69. The molecule has 0 aromatic heterocycles. The Balaban J connectivity index is 1.21. The molecule has 0 radical (unpaired) electrons. The Morgan fingerprint density at radius 1 is 0.839 bits per heavy atom. The SMILES string of the molecule is CO[C@@H]1[C@@H](C)[C@@]2(O[C@H](C[C@H]3O[C@](O)([C@@H](O)C(=O)O)[C@@H](C)[C@H](OC)[C@@]3(C)OC)C[C@@H](OC)[C@H]2C)O[C@]1(C)[C@H]1CC[C@@H]([C@H]2CC[C@H]([C@H]3O[C@](C)(O)C(C)=C[C@@H]3C)O2)O1. The van der Waals surface area contributed by atoms with Gasteiger partial charge >= 0.3 is 5.97 Å². The zero-order chi connectivity index (χ0) is 41.3. The van der Waals surface area contributed by atoms with Crippen LogP contribution in [-0.2, 0) is 52.2 Å². The van der Waals surface area contributed by atoms with Crippen LogP contribution in [-0.4, -0.2) is 151 Å². The number of aliphatic carboxylic acids is 1. The molecule has 0 aliphatic carbocycles. The molecule has 0 unspecified atom stereocenters. The smallest absolute Gasteiger partial charge is 0.338 e. The summed E-state index contributed by atoms with van der Waals surface area (Å²) < 4.78 is 64.4. The van der Waals surface area contributed by atoms with Crippen molar-refractivity contribution in [2.24, 2.45) is 23.7 Å². The second-order valence-corrected chi connectivity index (χ2v) is 18.0. The quantitative estimate of drug-likeness (QED) is 0.223. The number of methoxy groups -OCH3 is 4. The number of hydrogen-bond donors (Lipinski definition) is 4. The molecule has 5 fully saturated rings. The predicted octanol–water partition coefficient (Wildman–Crippen LogP) is 3.33. The summed E-state index contributed by atoms with van der Waals surface area (Å²) in [7, 11) is 6.29. The van der Waals surface area contributed by atoms with Crippen molar-refractivity contribution < 1.29 is 72.6 Å². The Labute approximate surface area is 331 Å². The molecular formula is C41H68O15. The lowest BCUT2D eigenvalue weighted by Gasteiger charge is -2.56. The fourth-order valence-corrected chi connectivity index (χ4v) is 11.2. The summed E-state index contributed by atoms with van der Waals surface area (Å²) in [5, 5.41) is 42.9. The number of carboxylic acid groups (broad SMARTS) is 1. The Morgan fingerprint density at radius 2 is 1.46 bits per heavy atom. The zero-order valence-corrected chi connectivity index (χ0v) is 35.3. The van der Waals surface area contributed by atoms with Crippen LogP contribution in [0.5, 0.6) is 0 Å². The zero-order valence-electron chi connectivity index (χ0n) is 35.3. The fourth-order valence-electron chi connectivity index (χ4n) is 11.2. The van der Waals surface area contributed by atoms with Crippen molar-refractivity contribution in [1.29, 1.82) is 0 Å². The summed E-state index contributed by atoms with van der Waals surface area (Å²) in [5.41, 5.74) is -1.30. The van der Waals surface area contributed by atoms with Gasteiger partial charge in [-0.25, -0.2) is 4.79 Å². The monoisotopic (exact) mass is 800 g/mol. The van der Waals surface area contributed by atoms with Gasteiger partial charge in [-0.15, -0.1) is 0 Å². The molecule has 0 saturated carbocycles. The van der Waals surface area contributed by atoms with E-state index in [9.17, 15) is 25.2 Å². The van der Waals surface area contributed by atoms with Crippen molar-refractivity contribution in [2.75, 3.05) is 28.4 Å². The van der Waals surface area contributed by atoms with Crippen molar-refractivity contribution in [3.63, 3.8) is 0 Å². The maximum atomic E-state index is 12.0. The van der Waals surface area contributed by atoms with Crippen molar-refractivity contribution in [2.45, 2.75) is 190 Å². The largest absolute Gasteiger partial charge is 0.479 e. The third-order valence-electron chi connectivity index (χ3n) is 14.8. The van der Waals surface area contributed by atoms with Crippen LogP contribution in [0.25, 0.3) is 0 Å². The van der Waals surface area contributed by atoms with Crippen LogP contribution in [0.2, 0.25) is 0 Å². The molecule has 0 bridgehead atoms. The minimum absolute atomic E-state index is 0.0970. The summed E-state index contributed by atoms with van der Waals surface area (Å²) in [6.45, 7) is 15.1. The third kappa shape index (κ3) is 7.11. The van der Waals surface area contributed by atoms with Crippen LogP contribution in [0.4, 0.5) is 0 Å². The summed E-state index contributed by atoms with van der Waals surface area (Å²) in [5.74, 6) is -8.07. The molecule has 5 saturated heterocycles. The Bertz CT molecular complexity index is 1440. The van der Waals surface area contributed by atoms with Crippen molar-refractivity contribution in [3.8, 4) is 0 Å². The molecule has 0 aromatic carbocycles. The van der Waals surface area contributed by atoms with Gasteiger partial charge in [0.15, 0.2) is 11.6 Å². The summed E-state index contributed by atoms with van der Waals surface area (Å²) in [4.78, 5) is 12.0. The van der Waals surface area contributed by atoms with Crippen LogP contribution >= 0.6 is 0 Å². The van der Waals surface area contributed by atoms with Crippen LogP contribution in [0.3, 0.4) is 0 Å². The number of rotatable bonds is 11. The van der Waals surface area contributed by atoms with Gasteiger partial charge in [-0.3, -0.25) is 0 Å². The summed E-state index contributed by atoms with van der Waals surface area (Å²) in [6, 6.07) is 0. The normalized spacial score (nSPS) is 53.0. The molecule has 15 nitrogen and oxygen atoms in total. The van der Waals surface area contributed by atoms with Gasteiger partial charge in [0, 0.05) is 65.0 Å². The van der Waals surface area contributed by atoms with E-state index in [2.05, 4.69) is 19.9 Å². The first kappa shape index (κ1) is 44.2. The lowest BCUT2D eigenvalue weighted by Crippen LogP contribution is -2.72. The van der Waals surface area contributed by atoms with E-state index in [1.54, 1.807) is 35.0 Å². The van der Waals surface area contributed by atoms with E-state index in [1.807, 2.05) is 20.8 Å². The second-order valence-electron chi connectivity index (χ2n) is 18.0. The second kappa shape index (κ2) is 15.9. The molecule has 6 aliphatic rings. The molecule has 1 spiro atoms. The van der Waals surface area contributed by atoms with Crippen LogP contribution in [0.1, 0.15) is 93.9 Å². The highest BCUT2D eigenvalue weighted by atomic mass is 16.7. The molecule has 6 aliphatic heterocycles. The van der Waals surface area contributed by atoms with E-state index in [1.165, 1.54) is 14.2 Å². The first-order chi connectivity index (χ1) is 26.2. The fraction of sp³-hybridized carbons (Fsp3) is 0.927. The number of ether oxygens (including phenoxy) is 10. The van der Waals surface area contributed by atoms with Crippen LogP contribution < -0.4 is 0 Å². The summed E-state index contributed by atoms with van der Waals surface area (Å²) in [6.07, 6.45) is -0.757. The van der Waals surface area contributed by atoms with Gasteiger partial charge < -0.3 is 67.8 Å². The number of carboxylic acids is 1. The van der Waals surface area contributed by atoms with E-state index in [4.69, 9.17) is 47.4 Å². The molecule has 6 heterocycles. The first-order valence-electron chi connectivity index (χ1n) is 20.4. The average molecular weight is 801 g/mol. The molecule has 56 heavy (non-hydrogen) atoms. The molecule has 6 rings (SSSR count). The van der Waals surface area contributed by atoms with Gasteiger partial charge in [0.25, 0.3) is 0 Å². The lowest BCUT2D eigenvalue weighted by atomic mass is 9.73. The van der Waals surface area contributed by atoms with Gasteiger partial charge in [-0.1, -0.05) is 33.8 Å². The number of aliphatic hydroxyl groups excluding tert-OH is 1. The first-order valence-corrected chi connectivity index (χ1v) is 20.4. The van der Waals surface area contributed by atoms with Crippen molar-refractivity contribution in [1.82, 2.24) is 0 Å². The number of aliphatic hydroxyl groups is 3. The van der Waals surface area contributed by atoms with Crippen molar-refractivity contribution in [3.05, 3.63) is 11.6 Å². The van der Waals surface area contributed by atoms with E-state index < -0.39 is 71.0 Å². The van der Waals surface area contributed by atoms with E-state index in [-0.39, 0.29) is 60.8 Å². The molecule has 0 amide bonds. The molecule has 322 valence electrons. The number of hydrogen-bond acceptors (Lipinski definition) is 14. The van der Waals surface area contributed by atoms with E-state index in [0.717, 1.165) is 31.3 Å².